The highest BCUT2D eigenvalue weighted by atomic mass is 35.5. The van der Waals surface area contributed by atoms with Gasteiger partial charge in [0.1, 0.15) is 21.8 Å². The van der Waals surface area contributed by atoms with Crippen LogP contribution >= 0.6 is 46.4 Å². The highest BCUT2D eigenvalue weighted by Gasteiger charge is 2.25. The molecule has 232 valence electrons. The van der Waals surface area contributed by atoms with Gasteiger partial charge < -0.3 is 19.3 Å². The van der Waals surface area contributed by atoms with Crippen molar-refractivity contribution in [1.29, 1.82) is 0 Å². The molecule has 0 aliphatic carbocycles. The molecular weight excluding hydrogens is 666 g/mol. The third-order valence-corrected chi connectivity index (χ3v) is 7.04. The van der Waals surface area contributed by atoms with Gasteiger partial charge in [-0.15, -0.1) is 0 Å². The van der Waals surface area contributed by atoms with Crippen LogP contribution in [-0.2, 0) is 23.6 Å². The second-order valence-electron chi connectivity index (χ2n) is 8.97. The summed E-state index contributed by atoms with van der Waals surface area (Å²) in [6.07, 6.45) is 0. The zero-order valence-corrected chi connectivity index (χ0v) is 27.4. The number of carbonyl (C=O) groups is 1. The first-order chi connectivity index (χ1) is 21.3. The van der Waals surface area contributed by atoms with Crippen molar-refractivity contribution in [1.82, 2.24) is 19.6 Å². The minimum Gasteiger partial charge on any atom is -0.515 e. The fourth-order valence-corrected chi connectivity index (χ4v) is 4.49. The van der Waals surface area contributed by atoms with E-state index >= 15 is 0 Å². The van der Waals surface area contributed by atoms with Crippen molar-refractivity contribution < 1.29 is 24.1 Å². The van der Waals surface area contributed by atoms with E-state index in [0.717, 1.165) is 0 Å². The van der Waals surface area contributed by atoms with Gasteiger partial charge in [-0.1, -0.05) is 46.4 Å². The topological polar surface area (TPSA) is 109 Å². The summed E-state index contributed by atoms with van der Waals surface area (Å²) in [5, 5.41) is 20.0. The first-order valence-corrected chi connectivity index (χ1v) is 14.1. The normalized spacial score (nSPS) is 11.6. The molecule has 15 heteroatoms. The Morgan fingerprint density at radius 1 is 0.756 bits per heavy atom. The molecule has 0 aliphatic rings. The van der Waals surface area contributed by atoms with E-state index in [1.54, 1.807) is 76.5 Å². The van der Waals surface area contributed by atoms with E-state index in [4.69, 9.17) is 73.8 Å². The molecule has 2 aromatic carbocycles. The van der Waals surface area contributed by atoms with Crippen LogP contribution in [0.25, 0.3) is 21.2 Å². The predicted molar refractivity (Wildman–Crippen MR) is 172 cm³/mol. The summed E-state index contributed by atoms with van der Waals surface area (Å²) in [6.45, 7) is 19.1. The lowest BCUT2D eigenvalue weighted by Gasteiger charge is -2.11. The number of benzene rings is 2. The van der Waals surface area contributed by atoms with Crippen LogP contribution in [0.3, 0.4) is 0 Å². The van der Waals surface area contributed by atoms with Crippen molar-refractivity contribution in [2.45, 2.75) is 20.8 Å². The quantitative estimate of drug-likeness (QED) is 0.118. The number of hydrogen-bond acceptors (Lipinski definition) is 7. The third-order valence-electron chi connectivity index (χ3n) is 5.67. The Balaban J connectivity index is 0.000000248. The molecule has 0 bridgehead atoms. The lowest BCUT2D eigenvalue weighted by atomic mass is 10.2. The number of nitrogens with zero attached hydrogens (tertiary/aromatic N) is 6. The summed E-state index contributed by atoms with van der Waals surface area (Å²) in [7, 11) is 3.28. The maximum absolute atomic E-state index is 11.5. The molecule has 2 heterocycles. The number of halogens is 4. The van der Waals surface area contributed by atoms with Gasteiger partial charge in [-0.05, 0) is 62.4 Å². The van der Waals surface area contributed by atoms with Crippen LogP contribution in [0.2, 0.25) is 20.4 Å². The molecule has 45 heavy (non-hydrogen) atoms. The van der Waals surface area contributed by atoms with E-state index in [9.17, 15) is 9.90 Å². The Labute approximate surface area is 279 Å². The predicted octanol–water partition coefficient (Wildman–Crippen LogP) is 8.44. The van der Waals surface area contributed by atoms with Crippen molar-refractivity contribution in [3.63, 3.8) is 0 Å². The lowest BCUT2D eigenvalue weighted by Crippen LogP contribution is -2.05. The largest absolute Gasteiger partial charge is 0.515 e. The van der Waals surface area contributed by atoms with Gasteiger partial charge in [-0.3, -0.25) is 14.2 Å². The zero-order valence-electron chi connectivity index (χ0n) is 24.4. The lowest BCUT2D eigenvalue weighted by molar-refractivity contribution is -0.134. The van der Waals surface area contributed by atoms with Crippen LogP contribution in [0.5, 0.6) is 11.5 Å². The van der Waals surface area contributed by atoms with Gasteiger partial charge in [0.15, 0.2) is 11.5 Å². The first kappa shape index (κ1) is 34.8. The molecule has 4 aromatic rings. The van der Waals surface area contributed by atoms with Gasteiger partial charge >= 0.3 is 17.7 Å². The number of aliphatic hydroxyl groups excluding tert-OH is 1. The second-order valence-corrected chi connectivity index (χ2v) is 10.6. The number of ether oxygens (including phenoxy) is 3. The Hall–Kier alpha value is -4.65. The summed E-state index contributed by atoms with van der Waals surface area (Å²) in [4.78, 5) is 18.0. The molecule has 4 rings (SSSR count). The summed E-state index contributed by atoms with van der Waals surface area (Å²) in [5.74, 6) is -0.799. The van der Waals surface area contributed by atoms with Gasteiger partial charge in [-0.2, -0.15) is 19.9 Å². The molecule has 0 saturated heterocycles. The van der Waals surface area contributed by atoms with Gasteiger partial charge in [0.25, 0.3) is 0 Å². The van der Waals surface area contributed by atoms with E-state index in [1.807, 2.05) is 0 Å². The second kappa shape index (κ2) is 15.4. The van der Waals surface area contributed by atoms with Crippen molar-refractivity contribution in [3.8, 4) is 11.5 Å². The minimum atomic E-state index is -0.606. The number of aromatic nitrogens is 4. The maximum Gasteiger partial charge on any atom is 0.389 e. The van der Waals surface area contributed by atoms with E-state index in [1.165, 1.54) is 16.3 Å². The van der Waals surface area contributed by atoms with Gasteiger partial charge in [0.2, 0.25) is 0 Å². The van der Waals surface area contributed by atoms with E-state index in [-0.39, 0.29) is 39.2 Å². The number of aryl methyl sites for hydroxylation is 4. The molecule has 0 unspecified atom stereocenters. The van der Waals surface area contributed by atoms with Crippen LogP contribution in [0.1, 0.15) is 29.4 Å². The number of carbonyl (C=O) groups excluding carboxylic acids is 1. The van der Waals surface area contributed by atoms with Crippen LogP contribution in [0.4, 0.5) is 0 Å². The van der Waals surface area contributed by atoms with Gasteiger partial charge in [0, 0.05) is 31.1 Å². The van der Waals surface area contributed by atoms with Crippen LogP contribution in [-0.4, -0.2) is 30.6 Å². The van der Waals surface area contributed by atoms with Crippen molar-refractivity contribution in [2.24, 2.45) is 14.1 Å². The molecule has 0 spiro atoms. The number of esters is 1. The van der Waals surface area contributed by atoms with Crippen molar-refractivity contribution >= 4 is 63.9 Å². The zero-order chi connectivity index (χ0) is 33.4. The number of rotatable bonds is 7. The Morgan fingerprint density at radius 2 is 1.16 bits per heavy atom. The Morgan fingerprint density at radius 3 is 1.51 bits per heavy atom. The molecule has 0 atom stereocenters. The molecule has 11 nitrogen and oxygen atoms in total. The summed E-state index contributed by atoms with van der Waals surface area (Å²) >= 11 is 23.9. The summed E-state index contributed by atoms with van der Waals surface area (Å²) in [5.41, 5.74) is 1.61. The Bertz CT molecular complexity index is 1860. The number of aliphatic hydroxyl groups is 1. The highest BCUT2D eigenvalue weighted by molar-refractivity contribution is 6.32. The minimum absolute atomic E-state index is 0.0805. The van der Waals surface area contributed by atoms with Gasteiger partial charge in [-0.25, -0.2) is 0 Å². The molecule has 0 saturated carbocycles. The number of hydrogen-bond donors (Lipinski definition) is 1. The SMILES string of the molecule is [C-]#[N+]/C(Oc1ccc(Cl)cc1)=C(/O)c1c(C)nn(C)c1Cl.[C-]#[N+]/C(Oc1ccc(Cl)cc1)=C(/OC(C)=O)c1c(C)nn(C)c1Cl. The molecule has 0 amide bonds. The molecular formula is C30H24Cl4N6O5. The van der Waals surface area contributed by atoms with Crippen molar-refractivity contribution in [2.75, 3.05) is 0 Å². The summed E-state index contributed by atoms with van der Waals surface area (Å²) < 4.78 is 18.9. The monoisotopic (exact) mass is 688 g/mol. The van der Waals surface area contributed by atoms with Crippen LogP contribution < -0.4 is 9.47 Å². The molecule has 0 fully saturated rings. The van der Waals surface area contributed by atoms with E-state index in [2.05, 4.69) is 19.9 Å². The maximum atomic E-state index is 11.5. The first-order valence-electron chi connectivity index (χ1n) is 12.6. The van der Waals surface area contributed by atoms with E-state index < -0.39 is 5.97 Å². The van der Waals surface area contributed by atoms with Crippen molar-refractivity contribution in [3.05, 3.63) is 126 Å². The average molecular weight is 690 g/mol. The fourth-order valence-electron chi connectivity index (χ4n) is 3.71. The third kappa shape index (κ3) is 8.72. The van der Waals surface area contributed by atoms with Crippen LogP contribution in [0, 0.1) is 27.0 Å². The van der Waals surface area contributed by atoms with Crippen LogP contribution in [0.15, 0.2) is 60.3 Å². The smallest absolute Gasteiger partial charge is 0.389 e. The highest BCUT2D eigenvalue weighted by Crippen LogP contribution is 2.32. The average Bonchev–Trinajstić information content (AvgIpc) is 3.40. The van der Waals surface area contributed by atoms with Gasteiger partial charge in [0.05, 0.1) is 35.7 Å². The fraction of sp³-hybridized carbons (Fsp3) is 0.167. The standard InChI is InChI=1S/C16H13Cl2N3O3.C14H11Cl2N3O2/c1-9-13(15(18)21(4)20-9)14(23-10(2)22)16(19-3)24-12-7-5-11(17)6-8-12;1-8-11(13(16)19(3)18-8)12(20)14(17-2)21-10-6-4-9(15)5-7-10/h5-8H,1-2,4H3;4-7,20H,1,3H3/b16-14-;14-12-. The molecule has 2 aromatic heterocycles. The van der Waals surface area contributed by atoms with E-state index in [0.29, 0.717) is 38.5 Å². The molecule has 0 aliphatic heterocycles. The molecule has 1 N–H and O–H groups in total. The Kier molecular flexibility index (Phi) is 11.9. The molecule has 0 radical (unpaired) electrons. The summed E-state index contributed by atoms with van der Waals surface area (Å²) in [6, 6.07) is 12.9.